The van der Waals surface area contributed by atoms with E-state index >= 15 is 0 Å². The molecule has 1 aromatic rings. The summed E-state index contributed by atoms with van der Waals surface area (Å²) in [4.78, 5) is 13.2. The lowest BCUT2D eigenvalue weighted by atomic mass is 10.1. The summed E-state index contributed by atoms with van der Waals surface area (Å²) in [5.74, 6) is -0.275. The molecule has 2 rings (SSSR count). The predicted octanol–water partition coefficient (Wildman–Crippen LogP) is -0.122. The maximum atomic E-state index is 11.8. The molecule has 1 aliphatic rings. The summed E-state index contributed by atoms with van der Waals surface area (Å²) >= 11 is 0. The summed E-state index contributed by atoms with van der Waals surface area (Å²) < 4.78 is 27.1. The molecule has 1 fully saturated rings. The molecule has 0 aromatic carbocycles. The van der Waals surface area contributed by atoms with Crippen LogP contribution in [0.5, 0.6) is 0 Å². The second-order valence-corrected chi connectivity index (χ2v) is 6.07. The van der Waals surface area contributed by atoms with Crippen molar-refractivity contribution in [3.05, 3.63) is 11.8 Å². The van der Waals surface area contributed by atoms with Crippen LogP contribution in [0.25, 0.3) is 0 Å². The Labute approximate surface area is 105 Å². The normalized spacial score (nSPS) is 20.7. The van der Waals surface area contributed by atoms with Crippen LogP contribution in [0.3, 0.4) is 0 Å². The Balaban J connectivity index is 2.09. The van der Waals surface area contributed by atoms with Gasteiger partial charge >= 0.3 is 0 Å². The summed E-state index contributed by atoms with van der Waals surface area (Å²) in [5, 5.41) is 8.78. The summed E-state index contributed by atoms with van der Waals surface area (Å²) in [6, 6.07) is 1.69. The van der Waals surface area contributed by atoms with Crippen LogP contribution in [-0.2, 0) is 21.2 Å². The molecule has 1 saturated heterocycles. The van der Waals surface area contributed by atoms with Gasteiger partial charge in [0.05, 0.1) is 11.4 Å². The SMILES string of the molecule is CCc1cc(N2CC(CS(N)(=O)=O)CC2=O)on1. The Hall–Kier alpha value is -1.41. The predicted molar refractivity (Wildman–Crippen MR) is 64.3 cm³/mol. The average Bonchev–Trinajstić information content (AvgIpc) is 2.82. The molecule has 0 saturated carbocycles. The van der Waals surface area contributed by atoms with Gasteiger partial charge in [-0.25, -0.2) is 13.6 Å². The van der Waals surface area contributed by atoms with E-state index in [1.807, 2.05) is 6.92 Å². The number of hydrogen-bond acceptors (Lipinski definition) is 5. The van der Waals surface area contributed by atoms with E-state index in [0.717, 1.165) is 5.69 Å². The zero-order chi connectivity index (χ0) is 13.3. The van der Waals surface area contributed by atoms with E-state index in [9.17, 15) is 13.2 Å². The van der Waals surface area contributed by atoms with E-state index in [-0.39, 0.29) is 24.0 Å². The van der Waals surface area contributed by atoms with Crippen LogP contribution in [0.2, 0.25) is 0 Å². The fourth-order valence-corrected chi connectivity index (χ4v) is 2.91. The number of aryl methyl sites for hydroxylation is 1. The van der Waals surface area contributed by atoms with Crippen molar-refractivity contribution in [1.82, 2.24) is 5.16 Å². The number of anilines is 1. The molecule has 7 nitrogen and oxygen atoms in total. The van der Waals surface area contributed by atoms with Gasteiger partial charge in [0.15, 0.2) is 0 Å². The van der Waals surface area contributed by atoms with Gasteiger partial charge in [0.2, 0.25) is 21.8 Å². The third-order valence-electron chi connectivity index (χ3n) is 2.85. The molecule has 0 spiro atoms. The van der Waals surface area contributed by atoms with Crippen molar-refractivity contribution in [2.45, 2.75) is 19.8 Å². The first-order chi connectivity index (χ1) is 8.39. The largest absolute Gasteiger partial charge is 0.338 e. The minimum Gasteiger partial charge on any atom is -0.338 e. The maximum absolute atomic E-state index is 11.8. The topological polar surface area (TPSA) is 106 Å². The van der Waals surface area contributed by atoms with Gasteiger partial charge in [-0.2, -0.15) is 0 Å². The maximum Gasteiger partial charge on any atom is 0.234 e. The van der Waals surface area contributed by atoms with Crippen LogP contribution in [0.15, 0.2) is 10.6 Å². The molecule has 1 aliphatic heterocycles. The van der Waals surface area contributed by atoms with Crippen LogP contribution in [0.4, 0.5) is 5.88 Å². The highest BCUT2D eigenvalue weighted by Crippen LogP contribution is 2.26. The van der Waals surface area contributed by atoms with Gasteiger partial charge in [-0.3, -0.25) is 9.69 Å². The van der Waals surface area contributed by atoms with Gasteiger partial charge in [-0.15, -0.1) is 0 Å². The molecule has 2 heterocycles. The molecule has 1 aromatic heterocycles. The zero-order valence-corrected chi connectivity index (χ0v) is 10.8. The van der Waals surface area contributed by atoms with Gasteiger partial charge in [0.1, 0.15) is 0 Å². The molecule has 100 valence electrons. The Bertz CT molecular complexity index is 551. The van der Waals surface area contributed by atoms with Crippen molar-refractivity contribution < 1.29 is 17.7 Å². The van der Waals surface area contributed by atoms with Crippen LogP contribution in [0, 0.1) is 5.92 Å². The Morgan fingerprint density at radius 2 is 2.33 bits per heavy atom. The number of amides is 1. The molecule has 0 radical (unpaired) electrons. The standard InChI is InChI=1S/C10H15N3O4S/c1-2-8-4-10(17-12-8)13-5-7(3-9(13)14)6-18(11,15)16/h4,7H,2-3,5-6H2,1H3,(H2,11,15,16). The van der Waals surface area contributed by atoms with E-state index in [4.69, 9.17) is 9.66 Å². The fourth-order valence-electron chi connectivity index (χ4n) is 2.03. The van der Waals surface area contributed by atoms with E-state index in [1.54, 1.807) is 6.07 Å². The lowest BCUT2D eigenvalue weighted by molar-refractivity contribution is -0.117. The smallest absolute Gasteiger partial charge is 0.234 e. The quantitative estimate of drug-likeness (QED) is 0.823. The highest BCUT2D eigenvalue weighted by molar-refractivity contribution is 7.89. The van der Waals surface area contributed by atoms with E-state index in [0.29, 0.717) is 18.8 Å². The van der Waals surface area contributed by atoms with Crippen LogP contribution < -0.4 is 10.0 Å². The third-order valence-corrected chi connectivity index (χ3v) is 3.78. The lowest BCUT2D eigenvalue weighted by Crippen LogP contribution is -2.27. The van der Waals surface area contributed by atoms with Crippen LogP contribution in [0.1, 0.15) is 19.0 Å². The highest BCUT2D eigenvalue weighted by atomic mass is 32.2. The van der Waals surface area contributed by atoms with Gasteiger partial charge in [0.25, 0.3) is 0 Å². The van der Waals surface area contributed by atoms with Crippen molar-refractivity contribution >= 4 is 21.8 Å². The van der Waals surface area contributed by atoms with Crippen LogP contribution >= 0.6 is 0 Å². The number of primary sulfonamides is 1. The van der Waals surface area contributed by atoms with Crippen molar-refractivity contribution in [3.8, 4) is 0 Å². The van der Waals surface area contributed by atoms with Crippen molar-refractivity contribution in [2.75, 3.05) is 17.2 Å². The number of nitrogens with zero attached hydrogens (tertiary/aromatic N) is 2. The Morgan fingerprint density at radius 3 is 2.89 bits per heavy atom. The van der Waals surface area contributed by atoms with Gasteiger partial charge < -0.3 is 4.52 Å². The minimum absolute atomic E-state index is 0.164. The number of rotatable bonds is 4. The average molecular weight is 273 g/mol. The number of carbonyl (C=O) groups excluding carboxylic acids is 1. The Kier molecular flexibility index (Phi) is 3.40. The summed E-state index contributed by atoms with van der Waals surface area (Å²) in [6.07, 6.45) is 0.880. The Morgan fingerprint density at radius 1 is 1.61 bits per heavy atom. The molecule has 0 aliphatic carbocycles. The number of sulfonamides is 1. The molecule has 1 unspecified atom stereocenters. The number of hydrogen-bond donors (Lipinski definition) is 1. The zero-order valence-electron chi connectivity index (χ0n) is 10.00. The summed E-state index contributed by atoms with van der Waals surface area (Å²) in [7, 11) is -3.56. The number of nitrogens with two attached hydrogens (primary N) is 1. The molecule has 18 heavy (non-hydrogen) atoms. The minimum atomic E-state index is -3.56. The van der Waals surface area contributed by atoms with E-state index < -0.39 is 10.0 Å². The molecule has 8 heteroatoms. The first-order valence-corrected chi connectivity index (χ1v) is 7.37. The number of aromatic nitrogens is 1. The van der Waals surface area contributed by atoms with E-state index in [1.165, 1.54) is 4.90 Å². The van der Waals surface area contributed by atoms with Crippen molar-refractivity contribution in [2.24, 2.45) is 11.1 Å². The molecule has 1 atom stereocenters. The monoisotopic (exact) mass is 273 g/mol. The fraction of sp³-hybridized carbons (Fsp3) is 0.600. The van der Waals surface area contributed by atoms with Gasteiger partial charge in [-0.1, -0.05) is 12.1 Å². The van der Waals surface area contributed by atoms with Gasteiger partial charge in [0, 0.05) is 24.9 Å². The lowest BCUT2D eigenvalue weighted by Gasteiger charge is -2.11. The third kappa shape index (κ3) is 2.88. The first-order valence-electron chi connectivity index (χ1n) is 5.65. The summed E-state index contributed by atoms with van der Waals surface area (Å²) in [5.41, 5.74) is 0.757. The second kappa shape index (κ2) is 4.69. The number of carbonyl (C=O) groups is 1. The van der Waals surface area contributed by atoms with Gasteiger partial charge in [-0.05, 0) is 6.42 Å². The van der Waals surface area contributed by atoms with E-state index in [2.05, 4.69) is 5.16 Å². The molecule has 0 bridgehead atoms. The van der Waals surface area contributed by atoms with Crippen molar-refractivity contribution in [3.63, 3.8) is 0 Å². The molecular weight excluding hydrogens is 258 g/mol. The molecule has 2 N–H and O–H groups in total. The first kappa shape index (κ1) is 13.0. The summed E-state index contributed by atoms with van der Waals surface area (Å²) in [6.45, 7) is 2.23. The molecule has 1 amide bonds. The van der Waals surface area contributed by atoms with Crippen LogP contribution in [-0.4, -0.2) is 31.8 Å². The second-order valence-electron chi connectivity index (χ2n) is 4.41. The van der Waals surface area contributed by atoms with Crippen molar-refractivity contribution in [1.29, 1.82) is 0 Å². The highest BCUT2D eigenvalue weighted by Gasteiger charge is 2.34. The molecular formula is C10H15N3O4S.